The normalized spacial score (nSPS) is 12.9. The summed E-state index contributed by atoms with van der Waals surface area (Å²) in [6.45, 7) is 3.22. The molecule has 18 heavy (non-hydrogen) atoms. The minimum atomic E-state index is 1.01. The number of hydrogen-bond acceptors (Lipinski definition) is 2. The lowest BCUT2D eigenvalue weighted by Crippen LogP contribution is -2.07. The number of fused-ring (bicyclic) bond motifs is 3. The van der Waals surface area contributed by atoms with Crippen LogP contribution in [0.1, 0.15) is 30.9 Å². The van der Waals surface area contributed by atoms with E-state index in [0.29, 0.717) is 0 Å². The van der Waals surface area contributed by atoms with Crippen LogP contribution in [-0.4, -0.2) is 16.7 Å². The molecular weight excluding hydrogens is 222 g/mol. The highest BCUT2D eigenvalue weighted by Crippen LogP contribution is 2.35. The van der Waals surface area contributed by atoms with Crippen LogP contribution >= 0.6 is 0 Å². The first kappa shape index (κ1) is 11.3. The van der Waals surface area contributed by atoms with E-state index in [1.807, 2.05) is 0 Å². The zero-order valence-corrected chi connectivity index (χ0v) is 10.8. The average Bonchev–Trinajstić information content (AvgIpc) is 2.83. The van der Waals surface area contributed by atoms with Crippen LogP contribution in [0.25, 0.3) is 11.3 Å². The van der Waals surface area contributed by atoms with E-state index in [9.17, 15) is 0 Å². The minimum absolute atomic E-state index is 1.01. The molecule has 0 amide bonds. The molecule has 0 aliphatic heterocycles. The van der Waals surface area contributed by atoms with E-state index in [1.165, 1.54) is 35.2 Å². The van der Waals surface area contributed by atoms with E-state index >= 15 is 0 Å². The summed E-state index contributed by atoms with van der Waals surface area (Å²) in [6, 6.07) is 8.60. The molecule has 1 aromatic carbocycles. The van der Waals surface area contributed by atoms with Crippen LogP contribution in [-0.2, 0) is 12.8 Å². The maximum Gasteiger partial charge on any atom is 0.151 e. The number of aryl methyl sites for hydroxylation is 1. The summed E-state index contributed by atoms with van der Waals surface area (Å²) in [5, 5.41) is 11.1. The molecule has 3 nitrogen and oxygen atoms in total. The average molecular weight is 241 g/mol. The Labute approximate surface area is 108 Å². The van der Waals surface area contributed by atoms with E-state index in [2.05, 4.69) is 46.7 Å². The summed E-state index contributed by atoms with van der Waals surface area (Å²) < 4.78 is 0. The summed E-state index contributed by atoms with van der Waals surface area (Å²) in [7, 11) is 0. The van der Waals surface area contributed by atoms with Gasteiger partial charge in [0, 0.05) is 17.7 Å². The third kappa shape index (κ3) is 1.90. The van der Waals surface area contributed by atoms with Gasteiger partial charge in [-0.2, -0.15) is 5.10 Å². The fourth-order valence-corrected chi connectivity index (χ4v) is 2.60. The molecule has 94 valence electrons. The van der Waals surface area contributed by atoms with Crippen molar-refractivity contribution in [2.75, 3.05) is 11.9 Å². The van der Waals surface area contributed by atoms with Crippen LogP contribution < -0.4 is 5.32 Å². The molecule has 1 aromatic heterocycles. The molecule has 2 aromatic rings. The van der Waals surface area contributed by atoms with Crippen LogP contribution in [0.15, 0.2) is 24.3 Å². The SMILES string of the molecule is CCCCNc1n[nH]c2c1CCc1ccccc1-2. The number of nitrogens with zero attached hydrogens (tertiary/aromatic N) is 1. The molecule has 3 rings (SSSR count). The van der Waals surface area contributed by atoms with Crippen molar-refractivity contribution in [3.05, 3.63) is 35.4 Å². The molecular formula is C15H19N3. The van der Waals surface area contributed by atoms with Gasteiger partial charge in [-0.25, -0.2) is 0 Å². The van der Waals surface area contributed by atoms with E-state index in [4.69, 9.17) is 0 Å². The van der Waals surface area contributed by atoms with Gasteiger partial charge >= 0.3 is 0 Å². The first-order chi connectivity index (χ1) is 8.90. The van der Waals surface area contributed by atoms with Crippen molar-refractivity contribution in [1.82, 2.24) is 10.2 Å². The second-order valence-electron chi connectivity index (χ2n) is 4.86. The molecule has 0 saturated carbocycles. The van der Waals surface area contributed by atoms with Gasteiger partial charge in [-0.05, 0) is 24.8 Å². The number of benzene rings is 1. The number of nitrogens with one attached hydrogen (secondary N) is 2. The Hall–Kier alpha value is -1.77. The number of anilines is 1. The number of hydrogen-bond donors (Lipinski definition) is 2. The van der Waals surface area contributed by atoms with Gasteiger partial charge < -0.3 is 5.32 Å². The maximum absolute atomic E-state index is 4.43. The summed E-state index contributed by atoms with van der Waals surface area (Å²) in [4.78, 5) is 0. The summed E-state index contributed by atoms with van der Waals surface area (Å²) in [5.41, 5.74) is 5.30. The smallest absolute Gasteiger partial charge is 0.151 e. The molecule has 0 radical (unpaired) electrons. The number of H-pyrrole nitrogens is 1. The predicted molar refractivity (Wildman–Crippen MR) is 74.8 cm³/mol. The predicted octanol–water partition coefficient (Wildman–Crippen LogP) is 3.39. The van der Waals surface area contributed by atoms with E-state index in [-0.39, 0.29) is 0 Å². The lowest BCUT2D eigenvalue weighted by atomic mass is 9.90. The van der Waals surface area contributed by atoms with Crippen molar-refractivity contribution in [3.8, 4) is 11.3 Å². The van der Waals surface area contributed by atoms with Crippen LogP contribution in [0.2, 0.25) is 0 Å². The Kier molecular flexibility index (Phi) is 3.05. The molecule has 0 unspecified atom stereocenters. The number of unbranched alkanes of at least 4 members (excludes halogenated alkanes) is 1. The standard InChI is InChI=1S/C15H19N3/c1-2-3-10-16-15-13-9-8-11-6-4-5-7-12(11)14(13)17-18-15/h4-7H,2-3,8-10H2,1H3,(H2,16,17,18). The minimum Gasteiger partial charge on any atom is -0.368 e. The quantitative estimate of drug-likeness (QED) is 0.806. The molecule has 1 heterocycles. The Morgan fingerprint density at radius 2 is 2.17 bits per heavy atom. The third-order valence-corrected chi connectivity index (χ3v) is 3.62. The van der Waals surface area contributed by atoms with Gasteiger partial charge in [0.15, 0.2) is 5.82 Å². The number of rotatable bonds is 4. The Balaban J connectivity index is 1.90. The zero-order valence-electron chi connectivity index (χ0n) is 10.8. The molecule has 0 fully saturated rings. The number of aromatic amines is 1. The largest absolute Gasteiger partial charge is 0.368 e. The van der Waals surface area contributed by atoms with E-state index < -0.39 is 0 Å². The third-order valence-electron chi connectivity index (χ3n) is 3.62. The van der Waals surface area contributed by atoms with E-state index in [0.717, 1.165) is 25.2 Å². The van der Waals surface area contributed by atoms with Crippen LogP contribution in [0.5, 0.6) is 0 Å². The lowest BCUT2D eigenvalue weighted by Gasteiger charge is -2.16. The summed E-state index contributed by atoms with van der Waals surface area (Å²) >= 11 is 0. The van der Waals surface area contributed by atoms with E-state index in [1.54, 1.807) is 0 Å². The Morgan fingerprint density at radius 3 is 3.06 bits per heavy atom. The molecule has 1 aliphatic carbocycles. The van der Waals surface area contributed by atoms with Crippen molar-refractivity contribution in [3.63, 3.8) is 0 Å². The molecule has 0 bridgehead atoms. The first-order valence-electron chi connectivity index (χ1n) is 6.79. The topological polar surface area (TPSA) is 40.7 Å². The van der Waals surface area contributed by atoms with Crippen molar-refractivity contribution in [1.29, 1.82) is 0 Å². The van der Waals surface area contributed by atoms with Gasteiger partial charge in [0.1, 0.15) is 0 Å². The van der Waals surface area contributed by atoms with Crippen molar-refractivity contribution >= 4 is 5.82 Å². The molecule has 1 aliphatic rings. The van der Waals surface area contributed by atoms with Gasteiger partial charge in [0.25, 0.3) is 0 Å². The molecule has 0 atom stereocenters. The van der Waals surface area contributed by atoms with Gasteiger partial charge in [-0.1, -0.05) is 37.6 Å². The van der Waals surface area contributed by atoms with Crippen molar-refractivity contribution in [2.45, 2.75) is 32.6 Å². The Morgan fingerprint density at radius 1 is 1.28 bits per heavy atom. The summed E-state index contributed by atoms with van der Waals surface area (Å²) in [5.74, 6) is 1.05. The van der Waals surface area contributed by atoms with Crippen LogP contribution in [0.3, 0.4) is 0 Å². The first-order valence-corrected chi connectivity index (χ1v) is 6.79. The Bertz CT molecular complexity index is 542. The highest BCUT2D eigenvalue weighted by molar-refractivity contribution is 5.74. The maximum atomic E-state index is 4.43. The molecule has 2 N–H and O–H groups in total. The van der Waals surface area contributed by atoms with Crippen LogP contribution in [0.4, 0.5) is 5.82 Å². The molecule has 0 spiro atoms. The zero-order chi connectivity index (χ0) is 12.4. The van der Waals surface area contributed by atoms with Gasteiger partial charge in [-0.3, -0.25) is 5.10 Å². The second-order valence-corrected chi connectivity index (χ2v) is 4.86. The molecule has 3 heteroatoms. The van der Waals surface area contributed by atoms with Crippen molar-refractivity contribution < 1.29 is 0 Å². The fourth-order valence-electron chi connectivity index (χ4n) is 2.60. The van der Waals surface area contributed by atoms with Gasteiger partial charge in [-0.15, -0.1) is 0 Å². The highest BCUT2D eigenvalue weighted by atomic mass is 15.2. The van der Waals surface area contributed by atoms with Crippen molar-refractivity contribution in [2.24, 2.45) is 0 Å². The monoisotopic (exact) mass is 241 g/mol. The van der Waals surface area contributed by atoms with Gasteiger partial charge in [0.05, 0.1) is 5.69 Å². The summed E-state index contributed by atoms with van der Waals surface area (Å²) in [6.07, 6.45) is 4.60. The second kappa shape index (κ2) is 4.84. The van der Waals surface area contributed by atoms with Crippen LogP contribution in [0, 0.1) is 0 Å². The van der Waals surface area contributed by atoms with Gasteiger partial charge in [0.2, 0.25) is 0 Å². The lowest BCUT2D eigenvalue weighted by molar-refractivity contribution is 0.827. The fraction of sp³-hybridized carbons (Fsp3) is 0.400. The molecule has 0 saturated heterocycles. The number of aromatic nitrogens is 2. The highest BCUT2D eigenvalue weighted by Gasteiger charge is 2.20.